The number of aryl methyl sites for hydroxylation is 1. The molecule has 8 heteroatoms. The Morgan fingerprint density at radius 1 is 0.966 bits per heavy atom. The van der Waals surface area contributed by atoms with Gasteiger partial charge in [0.15, 0.2) is 5.69 Å². The van der Waals surface area contributed by atoms with Crippen LogP contribution in [0.3, 0.4) is 0 Å². The molecule has 3 rings (SSSR count). The van der Waals surface area contributed by atoms with Crippen LogP contribution >= 0.6 is 15.9 Å². The van der Waals surface area contributed by atoms with Crippen molar-refractivity contribution in [2.75, 3.05) is 21.3 Å². The van der Waals surface area contributed by atoms with E-state index in [2.05, 4.69) is 21.0 Å². The summed E-state index contributed by atoms with van der Waals surface area (Å²) >= 11 is 3.46. The van der Waals surface area contributed by atoms with E-state index in [1.807, 2.05) is 25.1 Å². The highest BCUT2D eigenvalue weighted by molar-refractivity contribution is 9.10. The topological polar surface area (TPSA) is 79.7 Å². The van der Waals surface area contributed by atoms with Crippen molar-refractivity contribution >= 4 is 27.9 Å². The standard InChI is InChI=1S/C21H19BrN2O5/c1-12-10-11-14(22)19(27-2)15(12)17-16(20(25)28-3)18(21(26)29-4)24(23-17)13-8-6-5-7-9-13/h5-11H,1-4H3. The lowest BCUT2D eigenvalue weighted by Gasteiger charge is -2.12. The molecule has 0 saturated carbocycles. The van der Waals surface area contributed by atoms with Crippen LogP contribution in [0.15, 0.2) is 46.9 Å². The average molecular weight is 459 g/mol. The van der Waals surface area contributed by atoms with Gasteiger partial charge in [-0.15, -0.1) is 0 Å². The van der Waals surface area contributed by atoms with Crippen LogP contribution in [0.5, 0.6) is 5.75 Å². The lowest BCUT2D eigenvalue weighted by molar-refractivity contribution is 0.0549. The molecule has 150 valence electrons. The van der Waals surface area contributed by atoms with Gasteiger partial charge in [0.2, 0.25) is 0 Å². The number of ether oxygens (including phenoxy) is 3. The number of nitrogens with zero attached hydrogens (tertiary/aromatic N) is 2. The van der Waals surface area contributed by atoms with Crippen molar-refractivity contribution < 1.29 is 23.8 Å². The molecule has 0 aliphatic heterocycles. The number of halogens is 1. The molecule has 1 heterocycles. The summed E-state index contributed by atoms with van der Waals surface area (Å²) in [6.07, 6.45) is 0. The number of methoxy groups -OCH3 is 3. The first kappa shape index (κ1) is 20.6. The molecule has 0 saturated heterocycles. The molecule has 0 amide bonds. The SMILES string of the molecule is COC(=O)c1c(-c2c(C)ccc(Br)c2OC)nn(-c2ccccc2)c1C(=O)OC. The van der Waals surface area contributed by atoms with Gasteiger partial charge in [0.25, 0.3) is 0 Å². The molecule has 3 aromatic rings. The van der Waals surface area contributed by atoms with Crippen molar-refractivity contribution in [1.82, 2.24) is 9.78 Å². The third-order valence-electron chi connectivity index (χ3n) is 4.41. The maximum atomic E-state index is 12.8. The van der Waals surface area contributed by atoms with Gasteiger partial charge in [-0.25, -0.2) is 14.3 Å². The van der Waals surface area contributed by atoms with Gasteiger partial charge >= 0.3 is 11.9 Å². The molecular weight excluding hydrogens is 440 g/mol. The molecule has 2 aromatic carbocycles. The number of carbonyl (C=O) groups excluding carboxylic acids is 2. The summed E-state index contributed by atoms with van der Waals surface area (Å²) < 4.78 is 17.5. The van der Waals surface area contributed by atoms with E-state index in [1.54, 1.807) is 24.3 Å². The van der Waals surface area contributed by atoms with E-state index in [0.717, 1.165) is 5.56 Å². The van der Waals surface area contributed by atoms with Crippen molar-refractivity contribution in [2.45, 2.75) is 6.92 Å². The number of rotatable bonds is 5. The fraction of sp³-hybridized carbons (Fsp3) is 0.190. The summed E-state index contributed by atoms with van der Waals surface area (Å²) in [5.41, 5.74) is 2.21. The second kappa shape index (κ2) is 8.48. The number of hydrogen-bond acceptors (Lipinski definition) is 6. The fourth-order valence-electron chi connectivity index (χ4n) is 3.08. The van der Waals surface area contributed by atoms with E-state index in [4.69, 9.17) is 14.2 Å². The smallest absolute Gasteiger partial charge is 0.357 e. The second-order valence-corrected chi connectivity index (χ2v) is 6.93. The average Bonchev–Trinajstić information content (AvgIpc) is 3.14. The van der Waals surface area contributed by atoms with Crippen molar-refractivity contribution in [2.24, 2.45) is 0 Å². The largest absolute Gasteiger partial charge is 0.495 e. The number of hydrogen-bond donors (Lipinski definition) is 0. The molecule has 29 heavy (non-hydrogen) atoms. The Morgan fingerprint density at radius 2 is 1.62 bits per heavy atom. The molecule has 0 spiro atoms. The predicted octanol–water partition coefficient (Wildman–Crippen LogP) is 4.19. The normalized spacial score (nSPS) is 10.5. The summed E-state index contributed by atoms with van der Waals surface area (Å²) in [4.78, 5) is 25.4. The minimum atomic E-state index is -0.709. The maximum Gasteiger partial charge on any atom is 0.357 e. The summed E-state index contributed by atoms with van der Waals surface area (Å²) in [6, 6.07) is 12.7. The number of carbonyl (C=O) groups is 2. The molecule has 1 aromatic heterocycles. The Morgan fingerprint density at radius 3 is 2.21 bits per heavy atom. The molecule has 0 aliphatic carbocycles. The van der Waals surface area contributed by atoms with Crippen LogP contribution < -0.4 is 4.74 Å². The van der Waals surface area contributed by atoms with Crippen molar-refractivity contribution in [3.05, 3.63) is 63.8 Å². The van der Waals surface area contributed by atoms with E-state index in [-0.39, 0.29) is 17.0 Å². The third kappa shape index (κ3) is 3.63. The van der Waals surface area contributed by atoms with Crippen LogP contribution in [0.2, 0.25) is 0 Å². The van der Waals surface area contributed by atoms with Gasteiger partial charge in [0.1, 0.15) is 17.0 Å². The second-order valence-electron chi connectivity index (χ2n) is 6.08. The third-order valence-corrected chi connectivity index (χ3v) is 5.04. The zero-order chi connectivity index (χ0) is 21.1. The van der Waals surface area contributed by atoms with E-state index >= 15 is 0 Å². The Bertz CT molecular complexity index is 1080. The highest BCUT2D eigenvalue weighted by Gasteiger charge is 2.33. The summed E-state index contributed by atoms with van der Waals surface area (Å²) in [5, 5.41) is 4.61. The summed E-state index contributed by atoms with van der Waals surface area (Å²) in [7, 11) is 4.02. The van der Waals surface area contributed by atoms with Gasteiger partial charge in [-0.2, -0.15) is 5.10 Å². The van der Waals surface area contributed by atoms with E-state index in [0.29, 0.717) is 21.5 Å². The van der Waals surface area contributed by atoms with E-state index < -0.39 is 11.9 Å². The van der Waals surface area contributed by atoms with Crippen molar-refractivity contribution in [3.8, 4) is 22.7 Å². The van der Waals surface area contributed by atoms with Crippen LogP contribution in [0, 0.1) is 6.92 Å². The van der Waals surface area contributed by atoms with Crippen LogP contribution in [-0.4, -0.2) is 43.0 Å². The van der Waals surface area contributed by atoms with Gasteiger partial charge in [-0.3, -0.25) is 0 Å². The molecule has 0 atom stereocenters. The zero-order valence-electron chi connectivity index (χ0n) is 16.4. The van der Waals surface area contributed by atoms with Crippen molar-refractivity contribution in [1.29, 1.82) is 0 Å². The molecule has 0 unspecified atom stereocenters. The number of esters is 2. The molecule has 7 nitrogen and oxygen atoms in total. The lowest BCUT2D eigenvalue weighted by atomic mass is 10.00. The van der Waals surface area contributed by atoms with Crippen LogP contribution in [0.1, 0.15) is 26.4 Å². The highest BCUT2D eigenvalue weighted by atomic mass is 79.9. The highest BCUT2D eigenvalue weighted by Crippen LogP contribution is 2.41. The summed E-state index contributed by atoms with van der Waals surface area (Å²) in [5.74, 6) is -0.923. The van der Waals surface area contributed by atoms with Crippen molar-refractivity contribution in [3.63, 3.8) is 0 Å². The molecular formula is C21H19BrN2O5. The molecule has 0 N–H and O–H groups in total. The Labute approximate surface area is 176 Å². The molecule has 0 fully saturated rings. The molecule has 0 bridgehead atoms. The van der Waals surface area contributed by atoms with Crippen LogP contribution in [-0.2, 0) is 9.47 Å². The van der Waals surface area contributed by atoms with Gasteiger partial charge in [0.05, 0.1) is 31.5 Å². The first-order chi connectivity index (χ1) is 13.9. The van der Waals surface area contributed by atoms with Gasteiger partial charge < -0.3 is 14.2 Å². The Balaban J connectivity index is 2.46. The number of para-hydroxylation sites is 1. The first-order valence-corrected chi connectivity index (χ1v) is 9.42. The fourth-order valence-corrected chi connectivity index (χ4v) is 3.57. The Hall–Kier alpha value is -3.13. The van der Waals surface area contributed by atoms with Crippen LogP contribution in [0.4, 0.5) is 0 Å². The van der Waals surface area contributed by atoms with E-state index in [1.165, 1.54) is 26.0 Å². The monoisotopic (exact) mass is 458 g/mol. The van der Waals surface area contributed by atoms with Crippen LogP contribution in [0.25, 0.3) is 16.9 Å². The lowest BCUT2D eigenvalue weighted by Crippen LogP contribution is -2.15. The Kier molecular flexibility index (Phi) is 6.03. The minimum Gasteiger partial charge on any atom is -0.495 e. The van der Waals surface area contributed by atoms with Gasteiger partial charge in [0, 0.05) is 5.56 Å². The van der Waals surface area contributed by atoms with Gasteiger partial charge in [-0.05, 0) is 46.6 Å². The first-order valence-electron chi connectivity index (χ1n) is 8.63. The quantitative estimate of drug-likeness (QED) is 0.533. The molecule has 0 radical (unpaired) electrons. The maximum absolute atomic E-state index is 12.8. The zero-order valence-corrected chi connectivity index (χ0v) is 17.9. The predicted molar refractivity (Wildman–Crippen MR) is 111 cm³/mol. The van der Waals surface area contributed by atoms with E-state index in [9.17, 15) is 9.59 Å². The van der Waals surface area contributed by atoms with Gasteiger partial charge in [-0.1, -0.05) is 24.3 Å². The number of benzene rings is 2. The molecule has 0 aliphatic rings. The number of aromatic nitrogens is 2. The minimum absolute atomic E-state index is 0.00250. The summed E-state index contributed by atoms with van der Waals surface area (Å²) in [6.45, 7) is 1.87.